The zero-order chi connectivity index (χ0) is 14.9. The molecule has 0 saturated carbocycles. The first-order valence-corrected chi connectivity index (χ1v) is 8.04. The van der Waals surface area contributed by atoms with Gasteiger partial charge in [0.15, 0.2) is 0 Å². The molecule has 21 heavy (non-hydrogen) atoms. The van der Waals surface area contributed by atoms with Crippen LogP contribution in [-0.4, -0.2) is 25.7 Å². The summed E-state index contributed by atoms with van der Waals surface area (Å²) in [6, 6.07) is 7.85. The van der Waals surface area contributed by atoms with Crippen LogP contribution < -0.4 is 11.1 Å². The highest BCUT2D eigenvalue weighted by atomic mass is 32.1. The zero-order valence-electron chi connectivity index (χ0n) is 12.1. The average molecular weight is 304 g/mol. The van der Waals surface area contributed by atoms with E-state index in [0.29, 0.717) is 17.1 Å². The molecule has 112 valence electrons. The minimum absolute atomic E-state index is 0.0681. The maximum Gasteiger partial charge on any atom is 0.263 e. The zero-order valence-corrected chi connectivity index (χ0v) is 13.0. The highest BCUT2D eigenvalue weighted by Crippen LogP contribution is 2.34. The monoisotopic (exact) mass is 304 g/mol. The number of nitrogens with one attached hydrogen (secondary N) is 1. The Hall–Kier alpha value is -1.59. The largest absolute Gasteiger partial charge is 0.397 e. The maximum atomic E-state index is 12.4. The lowest BCUT2D eigenvalue weighted by Gasteiger charge is -2.33. The summed E-state index contributed by atoms with van der Waals surface area (Å²) < 4.78 is 6.44. The van der Waals surface area contributed by atoms with E-state index in [9.17, 15) is 4.79 Å². The number of amides is 1. The van der Waals surface area contributed by atoms with Gasteiger partial charge in [0, 0.05) is 29.8 Å². The van der Waals surface area contributed by atoms with Crippen molar-refractivity contribution in [2.75, 3.05) is 25.5 Å². The highest BCUT2D eigenvalue weighted by Gasteiger charge is 2.28. The number of benzene rings is 1. The first-order valence-electron chi connectivity index (χ1n) is 7.22. The summed E-state index contributed by atoms with van der Waals surface area (Å²) >= 11 is 1.46. The third-order valence-electron chi connectivity index (χ3n) is 4.22. The number of hydrogen-bond acceptors (Lipinski definition) is 4. The van der Waals surface area contributed by atoms with E-state index in [0.717, 1.165) is 36.1 Å². The van der Waals surface area contributed by atoms with Gasteiger partial charge in [-0.3, -0.25) is 4.79 Å². The average Bonchev–Trinajstić information content (AvgIpc) is 2.84. The second-order valence-electron chi connectivity index (χ2n) is 5.95. The first kappa shape index (κ1) is 14.4. The van der Waals surface area contributed by atoms with Gasteiger partial charge in [-0.25, -0.2) is 0 Å². The van der Waals surface area contributed by atoms with Crippen molar-refractivity contribution in [1.82, 2.24) is 5.32 Å². The highest BCUT2D eigenvalue weighted by molar-refractivity contribution is 7.21. The molecule has 0 unspecified atom stereocenters. The Balaban J connectivity index is 1.73. The number of carbonyl (C=O) groups excluding carboxylic acids is 1. The molecule has 0 radical (unpaired) electrons. The lowest BCUT2D eigenvalue weighted by atomic mass is 9.82. The van der Waals surface area contributed by atoms with Gasteiger partial charge in [0.1, 0.15) is 4.88 Å². The van der Waals surface area contributed by atoms with Crippen molar-refractivity contribution in [3.8, 4) is 0 Å². The van der Waals surface area contributed by atoms with Crippen LogP contribution in [0.2, 0.25) is 0 Å². The fraction of sp³-hybridized carbons (Fsp3) is 0.438. The Bertz CT molecular complexity index is 659. The molecule has 0 atom stereocenters. The van der Waals surface area contributed by atoms with Crippen molar-refractivity contribution in [3.63, 3.8) is 0 Å². The summed E-state index contributed by atoms with van der Waals surface area (Å²) in [4.78, 5) is 13.0. The van der Waals surface area contributed by atoms with Crippen LogP contribution in [0.1, 0.15) is 29.4 Å². The van der Waals surface area contributed by atoms with Gasteiger partial charge in [-0.2, -0.15) is 0 Å². The fourth-order valence-corrected chi connectivity index (χ4v) is 3.69. The predicted molar refractivity (Wildman–Crippen MR) is 86.7 cm³/mol. The number of hydrogen-bond donors (Lipinski definition) is 2. The summed E-state index contributed by atoms with van der Waals surface area (Å²) in [5, 5.41) is 4.01. The van der Waals surface area contributed by atoms with Crippen LogP contribution in [0.4, 0.5) is 5.69 Å². The molecular weight excluding hydrogens is 284 g/mol. The molecule has 3 N–H and O–H groups in total. The lowest BCUT2D eigenvalue weighted by molar-refractivity contribution is 0.0239. The molecule has 1 fully saturated rings. The van der Waals surface area contributed by atoms with E-state index in [1.807, 2.05) is 24.3 Å². The Morgan fingerprint density at radius 2 is 2.10 bits per heavy atom. The van der Waals surface area contributed by atoms with E-state index in [4.69, 9.17) is 10.5 Å². The number of nitrogen functional groups attached to an aromatic ring is 1. The van der Waals surface area contributed by atoms with Crippen LogP contribution in [0.5, 0.6) is 0 Å². The van der Waals surface area contributed by atoms with Crippen LogP contribution in [-0.2, 0) is 4.74 Å². The van der Waals surface area contributed by atoms with Gasteiger partial charge in [-0.05, 0) is 24.3 Å². The molecule has 1 aromatic carbocycles. The van der Waals surface area contributed by atoms with Crippen molar-refractivity contribution >= 4 is 33.0 Å². The van der Waals surface area contributed by atoms with E-state index >= 15 is 0 Å². The van der Waals surface area contributed by atoms with Crippen LogP contribution >= 0.6 is 11.3 Å². The molecule has 2 heterocycles. The number of carbonyl (C=O) groups is 1. The molecule has 1 aromatic heterocycles. The van der Waals surface area contributed by atoms with E-state index < -0.39 is 0 Å². The van der Waals surface area contributed by atoms with Crippen LogP contribution in [0.3, 0.4) is 0 Å². The number of fused-ring (bicyclic) bond motifs is 1. The molecule has 0 spiro atoms. The van der Waals surface area contributed by atoms with E-state index in [1.165, 1.54) is 11.3 Å². The van der Waals surface area contributed by atoms with Crippen molar-refractivity contribution in [2.24, 2.45) is 5.41 Å². The normalized spacial score (nSPS) is 17.8. The Labute approximate surface area is 128 Å². The minimum atomic E-state index is -0.0681. The van der Waals surface area contributed by atoms with E-state index in [1.54, 1.807) is 0 Å². The van der Waals surface area contributed by atoms with Crippen molar-refractivity contribution in [1.29, 1.82) is 0 Å². The molecule has 1 aliphatic rings. The Kier molecular flexibility index (Phi) is 3.87. The van der Waals surface area contributed by atoms with Gasteiger partial charge in [0.25, 0.3) is 5.91 Å². The van der Waals surface area contributed by atoms with Gasteiger partial charge >= 0.3 is 0 Å². The number of anilines is 1. The van der Waals surface area contributed by atoms with E-state index in [2.05, 4.69) is 12.2 Å². The SMILES string of the molecule is CC1(CNC(=O)c2sc3ccccc3c2N)CCOCC1. The summed E-state index contributed by atoms with van der Waals surface area (Å²) in [5.74, 6) is -0.0681. The topological polar surface area (TPSA) is 64.4 Å². The molecule has 1 amide bonds. The fourth-order valence-electron chi connectivity index (χ4n) is 2.65. The second kappa shape index (κ2) is 5.66. The van der Waals surface area contributed by atoms with E-state index in [-0.39, 0.29) is 11.3 Å². The second-order valence-corrected chi connectivity index (χ2v) is 7.00. The Morgan fingerprint density at radius 3 is 2.81 bits per heavy atom. The maximum absolute atomic E-state index is 12.4. The molecule has 0 bridgehead atoms. The van der Waals surface area contributed by atoms with Gasteiger partial charge in [0.05, 0.1) is 5.69 Å². The van der Waals surface area contributed by atoms with Gasteiger partial charge in [0.2, 0.25) is 0 Å². The summed E-state index contributed by atoms with van der Waals surface area (Å²) in [6.45, 7) is 4.42. The minimum Gasteiger partial charge on any atom is -0.397 e. The molecular formula is C16H20N2O2S. The van der Waals surface area contributed by atoms with Gasteiger partial charge < -0.3 is 15.8 Å². The quantitative estimate of drug-likeness (QED) is 0.916. The van der Waals surface area contributed by atoms with Gasteiger partial charge in [-0.15, -0.1) is 11.3 Å². The van der Waals surface area contributed by atoms with Crippen molar-refractivity contribution < 1.29 is 9.53 Å². The molecule has 1 saturated heterocycles. The first-order chi connectivity index (χ1) is 10.1. The van der Waals surface area contributed by atoms with Crippen LogP contribution in [0, 0.1) is 5.41 Å². The number of ether oxygens (including phenoxy) is 1. The number of nitrogens with two attached hydrogens (primary N) is 1. The number of thiophene rings is 1. The molecule has 2 aromatic rings. The van der Waals surface area contributed by atoms with Gasteiger partial charge in [-0.1, -0.05) is 25.1 Å². The lowest BCUT2D eigenvalue weighted by Crippen LogP contribution is -2.39. The molecule has 4 nitrogen and oxygen atoms in total. The molecule has 5 heteroatoms. The smallest absolute Gasteiger partial charge is 0.263 e. The Morgan fingerprint density at radius 1 is 1.38 bits per heavy atom. The summed E-state index contributed by atoms with van der Waals surface area (Å²) in [7, 11) is 0. The van der Waals surface area contributed by atoms with Crippen molar-refractivity contribution in [2.45, 2.75) is 19.8 Å². The summed E-state index contributed by atoms with van der Waals surface area (Å²) in [5.41, 5.74) is 6.82. The summed E-state index contributed by atoms with van der Waals surface area (Å²) in [6.07, 6.45) is 1.96. The third-order valence-corrected chi connectivity index (χ3v) is 5.40. The molecule has 3 rings (SSSR count). The standard InChI is InChI=1S/C16H20N2O2S/c1-16(6-8-20-9-7-16)10-18-15(19)14-13(17)11-4-2-3-5-12(11)21-14/h2-5H,6-10,17H2,1H3,(H,18,19). The van der Waals surface area contributed by atoms with Crippen molar-refractivity contribution in [3.05, 3.63) is 29.1 Å². The third kappa shape index (κ3) is 2.89. The van der Waals surface area contributed by atoms with Crippen LogP contribution in [0.15, 0.2) is 24.3 Å². The van der Waals surface area contributed by atoms with Crippen LogP contribution in [0.25, 0.3) is 10.1 Å². The number of rotatable bonds is 3. The predicted octanol–water partition coefficient (Wildman–Crippen LogP) is 3.03. The molecule has 1 aliphatic heterocycles. The molecule has 0 aliphatic carbocycles.